The van der Waals surface area contributed by atoms with Crippen molar-refractivity contribution in [1.82, 2.24) is 4.90 Å². The average molecular weight is 573 g/mol. The molecule has 0 spiro atoms. The van der Waals surface area contributed by atoms with Gasteiger partial charge in [-0.3, -0.25) is 33.7 Å². The van der Waals surface area contributed by atoms with Gasteiger partial charge in [0.05, 0.1) is 29.8 Å². The van der Waals surface area contributed by atoms with Crippen LogP contribution in [-0.4, -0.2) is 102 Å². The highest BCUT2D eigenvalue weighted by Gasteiger charge is 2.69. The molecule has 1 aromatic carbocycles. The minimum absolute atomic E-state index is 0.0407. The molecule has 2 fully saturated rings. The number of likely N-dealkylation sites (N-methyl/N-ethyl adjacent to an activating group) is 1. The molecule has 5 N–H and O–H groups in total. The van der Waals surface area contributed by atoms with Crippen molar-refractivity contribution in [1.29, 1.82) is 0 Å². The fraction of sp³-hybridized carbons (Fsp3) is 0.519. The zero-order valence-corrected chi connectivity index (χ0v) is 23.2. The van der Waals surface area contributed by atoms with Crippen molar-refractivity contribution in [2.75, 3.05) is 45.0 Å². The van der Waals surface area contributed by atoms with Crippen LogP contribution in [0.2, 0.25) is 0 Å². The summed E-state index contributed by atoms with van der Waals surface area (Å²) in [5, 5.41) is 25.0. The van der Waals surface area contributed by atoms with Crippen molar-refractivity contribution in [3.05, 3.63) is 17.2 Å². The van der Waals surface area contributed by atoms with E-state index in [1.54, 1.807) is 19.0 Å². The second-order valence-corrected chi connectivity index (χ2v) is 11.0. The van der Waals surface area contributed by atoms with Crippen LogP contribution in [0, 0.1) is 23.7 Å². The second kappa shape index (κ2) is 10.3. The van der Waals surface area contributed by atoms with Gasteiger partial charge in [-0.05, 0) is 51.4 Å². The summed E-state index contributed by atoms with van der Waals surface area (Å²) in [5.74, 6) is -14.4. The molecule has 3 aliphatic carbocycles. The first kappa shape index (κ1) is 29.8. The lowest BCUT2D eigenvalue weighted by Crippen LogP contribution is -2.74. The second-order valence-electron chi connectivity index (χ2n) is 11.0. The van der Waals surface area contributed by atoms with E-state index in [1.807, 2.05) is 0 Å². The van der Waals surface area contributed by atoms with Crippen LogP contribution < -0.4 is 16.0 Å². The first-order valence-electron chi connectivity index (χ1n) is 13.0. The molecule has 2 saturated carbocycles. The molecule has 41 heavy (non-hydrogen) atoms. The minimum Gasteiger partial charge on any atom is -0.505 e. The fourth-order valence-corrected chi connectivity index (χ4v) is 6.52. The van der Waals surface area contributed by atoms with E-state index in [-0.39, 0.29) is 30.7 Å². The maximum atomic E-state index is 14.0. The Labute approximate surface area is 234 Å². The van der Waals surface area contributed by atoms with Gasteiger partial charge in [-0.2, -0.15) is 0 Å². The highest BCUT2D eigenvalue weighted by molar-refractivity contribution is 6.38. The third-order valence-electron chi connectivity index (χ3n) is 8.23. The molecule has 0 bridgehead atoms. The molecule has 4 rings (SSSR count). The van der Waals surface area contributed by atoms with Crippen LogP contribution >= 0.6 is 0 Å². The number of phenols is 1. The number of hydrogen-bond donors (Lipinski definition) is 4. The maximum Gasteiger partial charge on any atom is 0.397 e. The molecule has 14 heteroatoms. The first-order chi connectivity index (χ1) is 19.1. The number of fused-ring (bicyclic) bond motifs is 3. The lowest BCUT2D eigenvalue weighted by Gasteiger charge is -2.52. The largest absolute Gasteiger partial charge is 0.505 e. The third kappa shape index (κ3) is 4.37. The number of aromatic hydroxyl groups is 1. The number of nitrogens with two attached hydrogens (primary N) is 1. The number of benzene rings is 1. The summed E-state index contributed by atoms with van der Waals surface area (Å²) in [4.78, 5) is 93.8. The van der Waals surface area contributed by atoms with Crippen molar-refractivity contribution in [3.63, 3.8) is 0 Å². The normalized spacial score (nSPS) is 28.9. The van der Waals surface area contributed by atoms with Crippen LogP contribution in [0.5, 0.6) is 5.75 Å². The van der Waals surface area contributed by atoms with Gasteiger partial charge in [0.1, 0.15) is 5.75 Å². The number of rotatable bonds is 5. The summed E-state index contributed by atoms with van der Waals surface area (Å²) in [6.07, 6.45) is -0.0577. The molecule has 1 aromatic rings. The number of nitrogens with one attached hydrogen (secondary N) is 1. The van der Waals surface area contributed by atoms with Gasteiger partial charge in [0.2, 0.25) is 5.91 Å². The standard InChI is InChI=1S/C27H32N4O10/c1-6-41-26(39)25(38)29-13-9-14(30(2)3)11-7-10-8-12-18(31(4)5)21(34)17(24(28)37)23(36)27(12,40)22(35)15(10)20(33)16(11)19(13)32/h9-10,12,15,17-18,32,40H,6-8H2,1-5H3,(H2,28,37)(H,29,38). The Morgan fingerprint density at radius 2 is 1.76 bits per heavy atom. The number of aliphatic hydroxyl groups is 1. The molecule has 0 saturated heterocycles. The smallest absolute Gasteiger partial charge is 0.397 e. The van der Waals surface area contributed by atoms with E-state index in [0.717, 1.165) is 0 Å². The number of nitrogens with zero attached hydrogens (tertiary/aromatic N) is 2. The Balaban J connectivity index is 1.85. The van der Waals surface area contributed by atoms with E-state index in [2.05, 4.69) is 10.1 Å². The summed E-state index contributed by atoms with van der Waals surface area (Å²) < 4.78 is 4.67. The van der Waals surface area contributed by atoms with E-state index in [9.17, 15) is 43.8 Å². The number of ketones is 4. The molecular weight excluding hydrogens is 540 g/mol. The number of ether oxygens (including phenoxy) is 1. The van der Waals surface area contributed by atoms with Crippen molar-refractivity contribution in [3.8, 4) is 5.75 Å². The number of amides is 2. The van der Waals surface area contributed by atoms with Crippen molar-refractivity contribution >= 4 is 52.3 Å². The molecule has 0 aliphatic heterocycles. The Hall–Kier alpha value is -4.17. The lowest BCUT2D eigenvalue weighted by atomic mass is 9.52. The quantitative estimate of drug-likeness (QED) is 0.136. The maximum absolute atomic E-state index is 14.0. The van der Waals surface area contributed by atoms with Crippen molar-refractivity contribution in [2.24, 2.45) is 29.4 Å². The van der Waals surface area contributed by atoms with Gasteiger partial charge < -0.3 is 30.9 Å². The molecule has 220 valence electrons. The molecule has 0 radical (unpaired) electrons. The zero-order valence-electron chi connectivity index (χ0n) is 23.2. The zero-order chi connectivity index (χ0) is 30.7. The molecular formula is C27H32N4O10. The molecule has 0 aromatic heterocycles. The van der Waals surface area contributed by atoms with Crippen LogP contribution in [0.25, 0.3) is 0 Å². The predicted octanol–water partition coefficient (Wildman–Crippen LogP) is -1.57. The third-order valence-corrected chi connectivity index (χ3v) is 8.23. The molecule has 6 unspecified atom stereocenters. The average Bonchev–Trinajstić information content (AvgIpc) is 2.87. The van der Waals surface area contributed by atoms with Gasteiger partial charge in [0.25, 0.3) is 0 Å². The van der Waals surface area contributed by atoms with Gasteiger partial charge in [-0.15, -0.1) is 0 Å². The van der Waals surface area contributed by atoms with Gasteiger partial charge in [0, 0.05) is 25.7 Å². The summed E-state index contributed by atoms with van der Waals surface area (Å²) >= 11 is 0. The van der Waals surface area contributed by atoms with Crippen LogP contribution in [-0.2, 0) is 39.9 Å². The van der Waals surface area contributed by atoms with Crippen LogP contribution in [0.4, 0.5) is 11.4 Å². The van der Waals surface area contributed by atoms with Crippen LogP contribution in [0.3, 0.4) is 0 Å². The number of hydrogen-bond acceptors (Lipinski definition) is 12. The van der Waals surface area contributed by atoms with Gasteiger partial charge in [0.15, 0.2) is 34.7 Å². The van der Waals surface area contributed by atoms with E-state index in [1.165, 1.54) is 32.0 Å². The molecule has 3 aliphatic rings. The number of carbonyl (C=O) groups excluding carboxylic acids is 7. The Morgan fingerprint density at radius 1 is 1.12 bits per heavy atom. The number of carbonyl (C=O) groups is 7. The minimum atomic E-state index is -2.85. The highest BCUT2D eigenvalue weighted by Crippen LogP contribution is 2.52. The number of phenolic OH excluding ortho intramolecular Hbond substituents is 1. The van der Waals surface area contributed by atoms with Gasteiger partial charge in [-0.25, -0.2) is 4.79 Å². The SMILES string of the molecule is CCOC(=O)C(=O)Nc1cc(N(C)C)c2c(c1O)C(=O)C1C(=O)C3(O)C(=O)C(C(N)=O)C(=O)C(N(C)C)C3CC1C2. The summed E-state index contributed by atoms with van der Waals surface area (Å²) in [6.45, 7) is 1.42. The Kier molecular flexibility index (Phi) is 7.52. The number of anilines is 2. The number of esters is 1. The van der Waals surface area contributed by atoms with Gasteiger partial charge in [-0.1, -0.05) is 0 Å². The Bertz CT molecular complexity index is 1400. The fourth-order valence-electron chi connectivity index (χ4n) is 6.52. The summed E-state index contributed by atoms with van der Waals surface area (Å²) in [7, 11) is 6.30. The van der Waals surface area contributed by atoms with E-state index < -0.39 is 82.0 Å². The van der Waals surface area contributed by atoms with Crippen molar-refractivity contribution < 1.29 is 48.5 Å². The predicted molar refractivity (Wildman–Crippen MR) is 141 cm³/mol. The Morgan fingerprint density at radius 3 is 2.29 bits per heavy atom. The van der Waals surface area contributed by atoms with E-state index in [4.69, 9.17) is 5.73 Å². The first-order valence-corrected chi connectivity index (χ1v) is 13.0. The monoisotopic (exact) mass is 572 g/mol. The number of primary amides is 1. The topological polar surface area (TPSA) is 214 Å². The van der Waals surface area contributed by atoms with Crippen LogP contribution in [0.1, 0.15) is 29.3 Å². The number of Topliss-reactive ketones (excluding diaryl/α,β-unsaturated/α-hetero) is 4. The molecule has 0 heterocycles. The van der Waals surface area contributed by atoms with E-state index in [0.29, 0.717) is 11.3 Å². The molecule has 2 amide bonds. The molecule has 6 atom stereocenters. The lowest BCUT2D eigenvalue weighted by molar-refractivity contribution is -0.181. The van der Waals surface area contributed by atoms with Gasteiger partial charge >= 0.3 is 11.9 Å². The summed E-state index contributed by atoms with van der Waals surface area (Å²) in [5.41, 5.74) is 2.60. The molecule has 14 nitrogen and oxygen atoms in total. The van der Waals surface area contributed by atoms with Crippen LogP contribution in [0.15, 0.2) is 6.07 Å². The highest BCUT2D eigenvalue weighted by atomic mass is 16.5. The van der Waals surface area contributed by atoms with Crippen molar-refractivity contribution in [2.45, 2.75) is 31.4 Å². The van der Waals surface area contributed by atoms with E-state index >= 15 is 0 Å². The summed E-state index contributed by atoms with van der Waals surface area (Å²) in [6, 6.07) is 0.159.